The number of thioether (sulfide) groups is 1. The van der Waals surface area contributed by atoms with Crippen LogP contribution < -0.4 is 5.48 Å². The minimum atomic E-state index is -0.255. The number of carbonyl (C=O) groups excluding carboxylic acids is 1. The fourth-order valence-electron chi connectivity index (χ4n) is 1.79. The third-order valence-corrected chi connectivity index (χ3v) is 3.98. The Balaban J connectivity index is 2.16. The van der Waals surface area contributed by atoms with Crippen LogP contribution in [0.25, 0.3) is 0 Å². The topological polar surface area (TPSA) is 64.4 Å². The van der Waals surface area contributed by atoms with E-state index in [1.54, 1.807) is 17.8 Å². The van der Waals surface area contributed by atoms with Crippen molar-refractivity contribution in [2.45, 2.75) is 24.5 Å². The lowest BCUT2D eigenvalue weighted by Gasteiger charge is -2.08. The molecule has 0 saturated carbocycles. The number of rotatable bonds is 5. The first-order valence-corrected chi connectivity index (χ1v) is 7.09. The number of hydrogen-bond acceptors (Lipinski definition) is 5. The molecule has 0 bridgehead atoms. The van der Waals surface area contributed by atoms with E-state index >= 15 is 0 Å². The number of aryl methyl sites for hydroxylation is 2. The van der Waals surface area contributed by atoms with Gasteiger partial charge in [0.05, 0.1) is 18.4 Å². The molecule has 2 rings (SSSR count). The monoisotopic (exact) mass is 292 g/mol. The molecule has 0 fully saturated rings. The molecule has 0 aliphatic rings. The van der Waals surface area contributed by atoms with E-state index in [-0.39, 0.29) is 5.91 Å². The van der Waals surface area contributed by atoms with Gasteiger partial charge in [-0.25, -0.2) is 5.48 Å². The van der Waals surface area contributed by atoms with E-state index in [0.717, 1.165) is 21.9 Å². The van der Waals surface area contributed by atoms with Gasteiger partial charge in [-0.15, -0.1) is 11.8 Å². The van der Waals surface area contributed by atoms with Crippen molar-refractivity contribution in [1.29, 1.82) is 0 Å². The lowest BCUT2D eigenvalue weighted by Crippen LogP contribution is -2.22. The lowest BCUT2D eigenvalue weighted by atomic mass is 10.2. The van der Waals surface area contributed by atoms with Crippen LogP contribution in [-0.2, 0) is 10.6 Å². The summed E-state index contributed by atoms with van der Waals surface area (Å²) in [6, 6.07) is 7.40. The van der Waals surface area contributed by atoms with Gasteiger partial charge in [0.1, 0.15) is 5.76 Å². The van der Waals surface area contributed by atoms with E-state index in [1.807, 2.05) is 32.0 Å². The van der Waals surface area contributed by atoms with Crippen molar-refractivity contribution in [3.63, 3.8) is 0 Å². The number of hydrogen-bond donors (Lipinski definition) is 1. The molecule has 0 aliphatic carbocycles. The number of nitrogens with one attached hydrogen (secondary N) is 1. The maximum absolute atomic E-state index is 11.9. The maximum Gasteiger partial charge on any atom is 0.275 e. The van der Waals surface area contributed by atoms with Gasteiger partial charge in [0.25, 0.3) is 5.91 Å². The summed E-state index contributed by atoms with van der Waals surface area (Å²) in [7, 11) is 1.41. The Hall–Kier alpha value is -1.79. The van der Waals surface area contributed by atoms with Crippen LogP contribution in [0.5, 0.6) is 0 Å². The quantitative estimate of drug-likeness (QED) is 0.678. The molecule has 1 aromatic heterocycles. The minimum absolute atomic E-state index is 0.255. The van der Waals surface area contributed by atoms with Crippen LogP contribution in [0.2, 0.25) is 0 Å². The number of benzene rings is 1. The van der Waals surface area contributed by atoms with E-state index in [9.17, 15) is 4.79 Å². The fourth-order valence-corrected chi connectivity index (χ4v) is 2.99. The Morgan fingerprint density at radius 1 is 1.40 bits per heavy atom. The molecule has 1 N–H and O–H groups in total. The Kier molecular flexibility index (Phi) is 4.81. The van der Waals surface area contributed by atoms with E-state index in [1.165, 1.54) is 7.11 Å². The molecule has 0 aliphatic heterocycles. The van der Waals surface area contributed by atoms with Gasteiger partial charge in [-0.1, -0.05) is 17.3 Å². The van der Waals surface area contributed by atoms with Gasteiger partial charge in [-0.05, 0) is 26.0 Å². The molecule has 0 radical (unpaired) electrons. The zero-order valence-corrected chi connectivity index (χ0v) is 12.4. The summed E-state index contributed by atoms with van der Waals surface area (Å²) >= 11 is 1.57. The van der Waals surface area contributed by atoms with Crippen molar-refractivity contribution >= 4 is 17.7 Å². The molecule has 5 nitrogen and oxygen atoms in total. The molecule has 1 aromatic carbocycles. The average Bonchev–Trinajstić information content (AvgIpc) is 2.76. The van der Waals surface area contributed by atoms with Crippen LogP contribution in [0, 0.1) is 13.8 Å². The molecule has 2 aromatic rings. The second-order valence-corrected chi connectivity index (χ2v) is 5.24. The van der Waals surface area contributed by atoms with Crippen LogP contribution in [0.3, 0.4) is 0 Å². The van der Waals surface area contributed by atoms with Gasteiger partial charge < -0.3 is 4.52 Å². The number of amides is 1. The Labute approximate surface area is 121 Å². The highest BCUT2D eigenvalue weighted by molar-refractivity contribution is 7.98. The maximum atomic E-state index is 11.9. The van der Waals surface area contributed by atoms with Crippen molar-refractivity contribution in [3.8, 4) is 0 Å². The van der Waals surface area contributed by atoms with Gasteiger partial charge in [-0.3, -0.25) is 9.63 Å². The van der Waals surface area contributed by atoms with Crippen molar-refractivity contribution in [2.75, 3.05) is 7.11 Å². The van der Waals surface area contributed by atoms with Crippen LogP contribution in [0.15, 0.2) is 33.7 Å². The van der Waals surface area contributed by atoms with Gasteiger partial charge >= 0.3 is 0 Å². The van der Waals surface area contributed by atoms with Crippen LogP contribution in [-0.4, -0.2) is 18.2 Å². The summed E-state index contributed by atoms with van der Waals surface area (Å²) in [6.07, 6.45) is 0. The highest BCUT2D eigenvalue weighted by atomic mass is 32.2. The fraction of sp³-hybridized carbons (Fsp3) is 0.286. The smallest absolute Gasteiger partial charge is 0.275 e. The van der Waals surface area contributed by atoms with Crippen molar-refractivity contribution in [3.05, 3.63) is 46.8 Å². The molecule has 1 amide bonds. The van der Waals surface area contributed by atoms with Gasteiger partial charge in [-0.2, -0.15) is 0 Å². The van der Waals surface area contributed by atoms with E-state index < -0.39 is 0 Å². The van der Waals surface area contributed by atoms with E-state index in [2.05, 4.69) is 15.5 Å². The number of carbonyl (C=O) groups is 1. The summed E-state index contributed by atoms with van der Waals surface area (Å²) in [6.45, 7) is 3.80. The molecule has 0 atom stereocenters. The summed E-state index contributed by atoms with van der Waals surface area (Å²) < 4.78 is 5.14. The largest absolute Gasteiger partial charge is 0.361 e. The molecular formula is C14H16N2O3S. The Morgan fingerprint density at radius 3 is 2.80 bits per heavy atom. The summed E-state index contributed by atoms with van der Waals surface area (Å²) in [4.78, 5) is 17.4. The predicted octanol–water partition coefficient (Wildman–Crippen LogP) is 2.87. The molecular weight excluding hydrogens is 276 g/mol. The van der Waals surface area contributed by atoms with Gasteiger partial charge in [0.15, 0.2) is 0 Å². The predicted molar refractivity (Wildman–Crippen MR) is 76.5 cm³/mol. The number of hydroxylamine groups is 1. The Morgan fingerprint density at radius 2 is 2.15 bits per heavy atom. The van der Waals surface area contributed by atoms with Gasteiger partial charge in [0.2, 0.25) is 0 Å². The van der Waals surface area contributed by atoms with E-state index in [4.69, 9.17) is 4.52 Å². The summed E-state index contributed by atoms with van der Waals surface area (Å²) in [5.74, 6) is 1.27. The molecule has 0 spiro atoms. The van der Waals surface area contributed by atoms with Crippen LogP contribution >= 0.6 is 11.8 Å². The average molecular weight is 292 g/mol. The SMILES string of the molecule is CONC(=O)c1ccccc1SCc1c(C)noc1C. The lowest BCUT2D eigenvalue weighted by molar-refractivity contribution is 0.0534. The third kappa shape index (κ3) is 3.20. The molecule has 0 saturated heterocycles. The van der Waals surface area contributed by atoms with Crippen molar-refractivity contribution in [1.82, 2.24) is 10.6 Å². The first kappa shape index (κ1) is 14.6. The second-order valence-electron chi connectivity index (χ2n) is 4.22. The van der Waals surface area contributed by atoms with Crippen molar-refractivity contribution < 1.29 is 14.2 Å². The highest BCUT2D eigenvalue weighted by Crippen LogP contribution is 2.28. The van der Waals surface area contributed by atoms with Gasteiger partial charge in [0, 0.05) is 16.2 Å². The standard InChI is InChI=1S/C14H16N2O3S/c1-9-12(10(2)19-15-9)8-20-13-7-5-4-6-11(13)14(17)16-18-3/h4-7H,8H2,1-3H3,(H,16,17). The third-order valence-electron chi connectivity index (χ3n) is 2.88. The first-order chi connectivity index (χ1) is 9.63. The summed E-state index contributed by atoms with van der Waals surface area (Å²) in [5.41, 5.74) is 4.87. The molecule has 1 heterocycles. The second kappa shape index (κ2) is 6.58. The normalized spacial score (nSPS) is 10.6. The van der Waals surface area contributed by atoms with Crippen molar-refractivity contribution in [2.24, 2.45) is 0 Å². The summed E-state index contributed by atoms with van der Waals surface area (Å²) in [5, 5.41) is 3.93. The molecule has 106 valence electrons. The Bertz CT molecular complexity index is 591. The zero-order valence-electron chi connectivity index (χ0n) is 11.6. The minimum Gasteiger partial charge on any atom is -0.361 e. The number of aromatic nitrogens is 1. The van der Waals surface area contributed by atoms with E-state index in [0.29, 0.717) is 11.3 Å². The highest BCUT2D eigenvalue weighted by Gasteiger charge is 2.14. The zero-order chi connectivity index (χ0) is 14.5. The molecule has 0 unspecified atom stereocenters. The van der Waals surface area contributed by atoms with Crippen LogP contribution in [0.1, 0.15) is 27.4 Å². The van der Waals surface area contributed by atoms with Crippen LogP contribution in [0.4, 0.5) is 0 Å². The molecule has 6 heteroatoms. The molecule has 20 heavy (non-hydrogen) atoms. The number of nitrogens with zero attached hydrogens (tertiary/aromatic N) is 1. The first-order valence-electron chi connectivity index (χ1n) is 6.10.